The fraction of sp³-hybridized carbons (Fsp3) is 0.182. The molecule has 2 aromatic carbocycles. The van der Waals surface area contributed by atoms with Crippen molar-refractivity contribution in [2.24, 2.45) is 0 Å². The Morgan fingerprint density at radius 1 is 1.10 bits per heavy atom. The summed E-state index contributed by atoms with van der Waals surface area (Å²) in [5.74, 6) is -7.11. The van der Waals surface area contributed by atoms with Gasteiger partial charge >= 0.3 is 22.3 Å². The maximum Gasteiger partial charge on any atom is 0.413 e. The van der Waals surface area contributed by atoms with E-state index in [0.717, 1.165) is 0 Å². The molecular formula is C22H12Cl2F8N4O4S. The van der Waals surface area contributed by atoms with Crippen LogP contribution in [0.15, 0.2) is 29.2 Å². The zero-order chi connectivity index (χ0) is 30.8. The monoisotopic (exact) mass is 650 g/mol. The van der Waals surface area contributed by atoms with Crippen molar-refractivity contribution in [2.75, 3.05) is 5.32 Å². The smallest absolute Gasteiger partial charge is 0.413 e. The zero-order valence-electron chi connectivity index (χ0n) is 19.6. The van der Waals surface area contributed by atoms with Crippen molar-refractivity contribution in [1.29, 1.82) is 5.26 Å². The van der Waals surface area contributed by atoms with Crippen molar-refractivity contribution in [2.45, 2.75) is 29.8 Å². The summed E-state index contributed by atoms with van der Waals surface area (Å²) in [6.45, 7) is -0.857. The van der Waals surface area contributed by atoms with Gasteiger partial charge in [0, 0.05) is 0 Å². The molecule has 0 aliphatic heterocycles. The van der Waals surface area contributed by atoms with Gasteiger partial charge in [-0.3, -0.25) is 10.1 Å². The molecule has 8 nitrogen and oxygen atoms in total. The predicted octanol–water partition coefficient (Wildman–Crippen LogP) is 7.99. The van der Waals surface area contributed by atoms with Crippen molar-refractivity contribution in [3.8, 4) is 11.8 Å². The molecule has 220 valence electrons. The molecule has 2 N–H and O–H groups in total. The van der Waals surface area contributed by atoms with Crippen molar-refractivity contribution < 1.29 is 52.0 Å². The minimum Gasteiger partial charge on any atom is -0.481 e. The normalized spacial score (nSPS) is 15.8. The van der Waals surface area contributed by atoms with Crippen LogP contribution in [0.2, 0.25) is 10.0 Å². The number of nitriles is 1. The number of carboxylic acid groups (broad SMARTS) is 1. The highest BCUT2D eigenvalue weighted by Gasteiger charge is 2.67. The highest BCUT2D eigenvalue weighted by Crippen LogP contribution is 3.02. The van der Waals surface area contributed by atoms with Gasteiger partial charge in [0.25, 0.3) is 0 Å². The molecule has 41 heavy (non-hydrogen) atoms. The number of carbonyl (C=O) groups is 2. The van der Waals surface area contributed by atoms with Crippen LogP contribution in [0, 0.1) is 28.8 Å². The zero-order valence-corrected chi connectivity index (χ0v) is 22.0. The number of anilines is 1. The van der Waals surface area contributed by atoms with Crippen molar-refractivity contribution >= 4 is 51.3 Å². The number of aromatic nitrogens is 2. The molecule has 1 fully saturated rings. The second-order valence-corrected chi connectivity index (χ2v) is 11.9. The molecule has 0 atom stereocenters. The van der Waals surface area contributed by atoms with Crippen LogP contribution < -0.4 is 5.32 Å². The third kappa shape index (κ3) is 5.59. The highest BCUT2D eigenvalue weighted by atomic mass is 35.5. The lowest BCUT2D eigenvalue weighted by atomic mass is 9.95. The molecular weight excluding hydrogens is 639 g/mol. The number of ether oxygens (including phenoxy) is 1. The van der Waals surface area contributed by atoms with Crippen LogP contribution in [0.25, 0.3) is 5.69 Å². The van der Waals surface area contributed by atoms with E-state index in [1.165, 1.54) is 0 Å². The predicted molar refractivity (Wildman–Crippen MR) is 128 cm³/mol. The minimum absolute atomic E-state index is 0.0712. The van der Waals surface area contributed by atoms with Gasteiger partial charge in [-0.2, -0.15) is 10.4 Å². The van der Waals surface area contributed by atoms with Crippen LogP contribution >= 0.6 is 33.4 Å². The molecule has 1 aliphatic rings. The van der Waals surface area contributed by atoms with Gasteiger partial charge in [-0.1, -0.05) is 42.6 Å². The number of nitrogens with one attached hydrogen (secondary N) is 1. The summed E-state index contributed by atoms with van der Waals surface area (Å²) in [6.07, 6.45) is -1.61. The summed E-state index contributed by atoms with van der Waals surface area (Å²) in [5.41, 5.74) is -3.88. The fourth-order valence-electron chi connectivity index (χ4n) is 3.89. The number of benzene rings is 2. The Kier molecular flexibility index (Phi) is 6.73. The molecule has 1 saturated carbocycles. The van der Waals surface area contributed by atoms with E-state index in [1.54, 1.807) is 6.07 Å². The molecule has 19 heteroatoms. The average molecular weight is 651 g/mol. The second kappa shape index (κ2) is 9.13. The standard InChI is InChI=1S/C22H12Cl2F8N4O4S/c23-16-13(1-2-14(17(16)24)41(28,29,30,31)32)36-19(15(12(7-33)35-36)22(3-4-22)20(37)38)34-21(39)40-8-9-5-10(25)18(27)11(26)6-9/h1-2,5-6H,3-4,8H2,(H,34,39)(H,37,38). The Labute approximate surface area is 233 Å². The summed E-state index contributed by atoms with van der Waals surface area (Å²) in [4.78, 5) is 22.1. The van der Waals surface area contributed by atoms with E-state index >= 15 is 0 Å². The molecule has 1 amide bonds. The van der Waals surface area contributed by atoms with E-state index in [-0.39, 0.29) is 24.5 Å². The first-order valence-corrected chi connectivity index (χ1v) is 13.5. The van der Waals surface area contributed by atoms with Gasteiger partial charge in [0.2, 0.25) is 0 Å². The summed E-state index contributed by atoms with van der Waals surface area (Å²) < 4.78 is 113. The third-order valence-electron chi connectivity index (χ3n) is 5.93. The molecule has 0 saturated heterocycles. The van der Waals surface area contributed by atoms with Crippen molar-refractivity contribution in [1.82, 2.24) is 9.78 Å². The van der Waals surface area contributed by atoms with E-state index in [4.69, 9.17) is 27.9 Å². The summed E-state index contributed by atoms with van der Waals surface area (Å²) >= 11 is 11.5. The van der Waals surface area contributed by atoms with Crippen LogP contribution in [0.5, 0.6) is 0 Å². The first kappa shape index (κ1) is 30.2. The number of hydrogen-bond donors (Lipinski definition) is 2. The second-order valence-electron chi connectivity index (χ2n) is 8.74. The summed E-state index contributed by atoms with van der Waals surface area (Å²) in [5, 5.41) is 22.4. The van der Waals surface area contributed by atoms with Gasteiger partial charge in [-0.15, -0.1) is 0 Å². The van der Waals surface area contributed by atoms with Gasteiger partial charge in [0.15, 0.2) is 23.1 Å². The van der Waals surface area contributed by atoms with Gasteiger partial charge in [0.1, 0.15) is 23.4 Å². The number of carbonyl (C=O) groups excluding carboxylic acids is 1. The Balaban J connectivity index is 1.81. The largest absolute Gasteiger partial charge is 0.481 e. The average Bonchev–Trinajstić information content (AvgIpc) is 3.58. The fourth-order valence-corrected chi connectivity index (χ4v) is 5.56. The van der Waals surface area contributed by atoms with Crippen molar-refractivity contribution in [3.05, 3.63) is 68.6 Å². The number of amides is 1. The van der Waals surface area contributed by atoms with Crippen LogP contribution in [-0.2, 0) is 21.6 Å². The lowest BCUT2D eigenvalue weighted by Gasteiger charge is -2.41. The van der Waals surface area contributed by atoms with E-state index in [1.807, 2.05) is 5.32 Å². The number of halogens is 10. The molecule has 4 rings (SSSR count). The SMILES string of the molecule is N#Cc1nn(-c2ccc(S(F)(F)(F)(F)F)c(Cl)c2Cl)c(NC(=O)OCc2cc(F)c(F)c(F)c2)c1C1(C(=O)O)CC1. The quantitative estimate of drug-likeness (QED) is 0.198. The highest BCUT2D eigenvalue weighted by molar-refractivity contribution is 8.45. The van der Waals surface area contributed by atoms with Crippen LogP contribution in [0.3, 0.4) is 0 Å². The molecule has 0 unspecified atom stereocenters. The number of hydrogen-bond acceptors (Lipinski definition) is 5. The maximum atomic E-state index is 13.5. The van der Waals surface area contributed by atoms with Gasteiger partial charge in [-0.25, -0.2) is 22.6 Å². The molecule has 1 heterocycles. The molecule has 0 radical (unpaired) electrons. The van der Waals surface area contributed by atoms with E-state index in [9.17, 15) is 52.6 Å². The Morgan fingerprint density at radius 3 is 2.17 bits per heavy atom. The molecule has 1 aromatic heterocycles. The van der Waals surface area contributed by atoms with Crippen LogP contribution in [0.4, 0.5) is 43.2 Å². The Bertz CT molecular complexity index is 1670. The number of aliphatic carboxylic acids is 1. The molecule has 0 spiro atoms. The Hall–Kier alpha value is -3.75. The lowest BCUT2D eigenvalue weighted by Crippen LogP contribution is -2.24. The van der Waals surface area contributed by atoms with E-state index in [2.05, 4.69) is 5.10 Å². The lowest BCUT2D eigenvalue weighted by molar-refractivity contribution is -0.140. The first-order valence-electron chi connectivity index (χ1n) is 10.8. The first-order chi connectivity index (χ1) is 18.7. The van der Waals surface area contributed by atoms with Crippen LogP contribution in [-0.4, -0.2) is 26.9 Å². The van der Waals surface area contributed by atoms with E-state index < -0.39 is 89.5 Å². The maximum absolute atomic E-state index is 13.5. The minimum atomic E-state index is -10.3. The van der Waals surface area contributed by atoms with Gasteiger partial charge in [0.05, 0.1) is 26.7 Å². The van der Waals surface area contributed by atoms with Gasteiger partial charge in [-0.05, 0) is 42.7 Å². The topological polar surface area (TPSA) is 117 Å². The Morgan fingerprint density at radius 2 is 1.68 bits per heavy atom. The third-order valence-corrected chi connectivity index (χ3v) is 8.09. The van der Waals surface area contributed by atoms with E-state index in [0.29, 0.717) is 22.9 Å². The molecule has 0 bridgehead atoms. The molecule has 3 aromatic rings. The molecule has 1 aliphatic carbocycles. The number of nitrogens with zero attached hydrogens (tertiary/aromatic N) is 3. The van der Waals surface area contributed by atoms with Crippen LogP contribution in [0.1, 0.15) is 29.7 Å². The summed E-state index contributed by atoms with van der Waals surface area (Å²) in [6, 6.07) is 2.90. The van der Waals surface area contributed by atoms with Gasteiger partial charge < -0.3 is 9.84 Å². The summed E-state index contributed by atoms with van der Waals surface area (Å²) in [7, 11) is -10.3. The van der Waals surface area contributed by atoms with Crippen molar-refractivity contribution in [3.63, 3.8) is 0 Å². The number of rotatable bonds is 7. The number of carboxylic acids is 1.